The standard InChI is InChI=1S/C17H13ClN2O2/c1-2-22-17(21)15-13-8-3-4-9-14(13)19-16(20-15)11-6-5-7-12(18)10-11/h3-10H,2H2,1H3. The Morgan fingerprint density at radius 2 is 1.95 bits per heavy atom. The number of hydrogen-bond acceptors (Lipinski definition) is 4. The van der Waals surface area contributed by atoms with Crippen molar-refractivity contribution in [3.63, 3.8) is 0 Å². The number of fused-ring (bicyclic) bond motifs is 1. The summed E-state index contributed by atoms with van der Waals surface area (Å²) in [6.07, 6.45) is 0. The van der Waals surface area contributed by atoms with Crippen molar-refractivity contribution in [1.29, 1.82) is 0 Å². The predicted molar refractivity (Wildman–Crippen MR) is 85.9 cm³/mol. The molecule has 0 bridgehead atoms. The highest BCUT2D eigenvalue weighted by Crippen LogP contribution is 2.24. The fraction of sp³-hybridized carbons (Fsp3) is 0.118. The molecule has 3 rings (SSSR count). The maximum atomic E-state index is 12.2. The van der Waals surface area contributed by atoms with Crippen molar-refractivity contribution in [3.05, 3.63) is 59.2 Å². The Balaban J connectivity index is 2.22. The molecule has 110 valence electrons. The molecule has 4 nitrogen and oxygen atoms in total. The van der Waals surface area contributed by atoms with Gasteiger partial charge in [0.25, 0.3) is 0 Å². The van der Waals surface area contributed by atoms with E-state index in [0.29, 0.717) is 28.4 Å². The van der Waals surface area contributed by atoms with Gasteiger partial charge >= 0.3 is 5.97 Å². The number of halogens is 1. The van der Waals surface area contributed by atoms with E-state index >= 15 is 0 Å². The minimum absolute atomic E-state index is 0.266. The van der Waals surface area contributed by atoms with E-state index in [4.69, 9.17) is 16.3 Å². The van der Waals surface area contributed by atoms with Gasteiger partial charge in [0.15, 0.2) is 11.5 Å². The quantitative estimate of drug-likeness (QED) is 0.682. The molecule has 0 saturated heterocycles. The van der Waals surface area contributed by atoms with Gasteiger partial charge in [-0.25, -0.2) is 14.8 Å². The lowest BCUT2D eigenvalue weighted by molar-refractivity contribution is 0.0522. The highest BCUT2D eigenvalue weighted by Gasteiger charge is 2.16. The van der Waals surface area contributed by atoms with Gasteiger partial charge in [0.05, 0.1) is 12.1 Å². The Morgan fingerprint density at radius 3 is 2.73 bits per heavy atom. The van der Waals surface area contributed by atoms with Crippen LogP contribution in [0.25, 0.3) is 22.3 Å². The zero-order chi connectivity index (χ0) is 15.5. The van der Waals surface area contributed by atoms with E-state index in [2.05, 4.69) is 9.97 Å². The molecule has 0 atom stereocenters. The van der Waals surface area contributed by atoms with E-state index in [1.165, 1.54) is 0 Å². The molecule has 0 amide bonds. The van der Waals surface area contributed by atoms with E-state index in [1.54, 1.807) is 19.1 Å². The summed E-state index contributed by atoms with van der Waals surface area (Å²) in [6, 6.07) is 14.6. The summed E-state index contributed by atoms with van der Waals surface area (Å²) in [5.74, 6) is -0.00590. The fourth-order valence-corrected chi connectivity index (χ4v) is 2.38. The van der Waals surface area contributed by atoms with Gasteiger partial charge in [-0.1, -0.05) is 41.9 Å². The van der Waals surface area contributed by atoms with Gasteiger partial charge in [-0.3, -0.25) is 0 Å². The molecular formula is C17H13ClN2O2. The van der Waals surface area contributed by atoms with Crippen LogP contribution in [0, 0.1) is 0 Å². The van der Waals surface area contributed by atoms with Crippen molar-refractivity contribution in [1.82, 2.24) is 9.97 Å². The van der Waals surface area contributed by atoms with Crippen LogP contribution in [0.15, 0.2) is 48.5 Å². The van der Waals surface area contributed by atoms with Crippen molar-refractivity contribution in [2.75, 3.05) is 6.61 Å². The number of benzene rings is 2. The van der Waals surface area contributed by atoms with Crippen molar-refractivity contribution in [2.24, 2.45) is 0 Å². The number of para-hydroxylation sites is 1. The highest BCUT2D eigenvalue weighted by molar-refractivity contribution is 6.30. The Kier molecular flexibility index (Phi) is 4.02. The van der Waals surface area contributed by atoms with Crippen LogP contribution in [0.1, 0.15) is 17.4 Å². The minimum atomic E-state index is -0.454. The first-order chi connectivity index (χ1) is 10.7. The van der Waals surface area contributed by atoms with Crippen LogP contribution in [-0.2, 0) is 4.74 Å². The monoisotopic (exact) mass is 312 g/mol. The van der Waals surface area contributed by atoms with Crippen LogP contribution >= 0.6 is 11.6 Å². The molecule has 0 spiro atoms. The van der Waals surface area contributed by atoms with Crippen molar-refractivity contribution < 1.29 is 9.53 Å². The average Bonchev–Trinajstić information content (AvgIpc) is 2.54. The molecule has 3 aromatic rings. The summed E-state index contributed by atoms with van der Waals surface area (Å²) in [7, 11) is 0. The maximum Gasteiger partial charge on any atom is 0.357 e. The third-order valence-electron chi connectivity index (χ3n) is 3.15. The number of aromatic nitrogens is 2. The molecule has 0 N–H and O–H groups in total. The first kappa shape index (κ1) is 14.5. The number of carbonyl (C=O) groups excluding carboxylic acids is 1. The number of rotatable bonds is 3. The first-order valence-electron chi connectivity index (χ1n) is 6.89. The molecule has 0 unspecified atom stereocenters. The number of carbonyl (C=O) groups is 1. The van der Waals surface area contributed by atoms with Gasteiger partial charge < -0.3 is 4.74 Å². The molecule has 0 aliphatic rings. The van der Waals surface area contributed by atoms with E-state index in [1.807, 2.05) is 36.4 Å². The highest BCUT2D eigenvalue weighted by atomic mass is 35.5. The molecule has 5 heteroatoms. The second kappa shape index (κ2) is 6.12. The zero-order valence-electron chi connectivity index (χ0n) is 11.9. The fourth-order valence-electron chi connectivity index (χ4n) is 2.19. The average molecular weight is 313 g/mol. The SMILES string of the molecule is CCOC(=O)c1nc(-c2cccc(Cl)c2)nc2ccccc12. The van der Waals surface area contributed by atoms with Crippen LogP contribution < -0.4 is 0 Å². The smallest absolute Gasteiger partial charge is 0.357 e. The normalized spacial score (nSPS) is 10.6. The van der Waals surface area contributed by atoms with Gasteiger partial charge in [-0.15, -0.1) is 0 Å². The van der Waals surface area contributed by atoms with Crippen LogP contribution in [0.4, 0.5) is 0 Å². The molecule has 0 radical (unpaired) electrons. The van der Waals surface area contributed by atoms with Gasteiger partial charge in [0.2, 0.25) is 0 Å². The number of hydrogen-bond donors (Lipinski definition) is 0. The minimum Gasteiger partial charge on any atom is -0.461 e. The molecule has 0 aliphatic heterocycles. The second-order valence-electron chi connectivity index (χ2n) is 4.64. The van der Waals surface area contributed by atoms with Gasteiger partial charge in [-0.05, 0) is 25.1 Å². The summed E-state index contributed by atoms with van der Waals surface area (Å²) in [5, 5.41) is 1.26. The second-order valence-corrected chi connectivity index (χ2v) is 5.08. The zero-order valence-corrected chi connectivity index (χ0v) is 12.7. The van der Waals surface area contributed by atoms with E-state index < -0.39 is 5.97 Å². The summed E-state index contributed by atoms with van der Waals surface area (Å²) >= 11 is 6.02. The number of ether oxygens (including phenoxy) is 1. The lowest BCUT2D eigenvalue weighted by atomic mass is 10.1. The van der Waals surface area contributed by atoms with Crippen molar-refractivity contribution >= 4 is 28.5 Å². The lowest BCUT2D eigenvalue weighted by Crippen LogP contribution is -2.09. The number of nitrogens with zero attached hydrogens (tertiary/aromatic N) is 2. The van der Waals surface area contributed by atoms with Gasteiger partial charge in [-0.2, -0.15) is 0 Å². The molecule has 1 aromatic heterocycles. The van der Waals surface area contributed by atoms with Crippen LogP contribution in [-0.4, -0.2) is 22.5 Å². The van der Waals surface area contributed by atoms with E-state index in [0.717, 1.165) is 5.56 Å². The number of esters is 1. The topological polar surface area (TPSA) is 52.1 Å². The summed E-state index contributed by atoms with van der Waals surface area (Å²) in [5.41, 5.74) is 1.71. The van der Waals surface area contributed by atoms with Gasteiger partial charge in [0.1, 0.15) is 0 Å². The van der Waals surface area contributed by atoms with Crippen LogP contribution in [0.5, 0.6) is 0 Å². The van der Waals surface area contributed by atoms with Gasteiger partial charge in [0, 0.05) is 16.0 Å². The Morgan fingerprint density at radius 1 is 1.14 bits per heavy atom. The summed E-state index contributed by atoms with van der Waals surface area (Å²) < 4.78 is 5.10. The van der Waals surface area contributed by atoms with E-state index in [-0.39, 0.29) is 5.69 Å². The molecule has 0 fully saturated rings. The summed E-state index contributed by atoms with van der Waals surface area (Å²) in [6.45, 7) is 2.06. The molecule has 0 aliphatic carbocycles. The molecule has 1 heterocycles. The molecule has 22 heavy (non-hydrogen) atoms. The van der Waals surface area contributed by atoms with E-state index in [9.17, 15) is 4.79 Å². The Labute approximate surface area is 132 Å². The third kappa shape index (κ3) is 2.78. The summed E-state index contributed by atoms with van der Waals surface area (Å²) in [4.78, 5) is 21.1. The largest absolute Gasteiger partial charge is 0.461 e. The van der Waals surface area contributed by atoms with Crippen LogP contribution in [0.3, 0.4) is 0 Å². The first-order valence-corrected chi connectivity index (χ1v) is 7.26. The van der Waals surface area contributed by atoms with Crippen molar-refractivity contribution in [2.45, 2.75) is 6.92 Å². The third-order valence-corrected chi connectivity index (χ3v) is 3.39. The Bertz CT molecular complexity index is 849. The predicted octanol–water partition coefficient (Wildman–Crippen LogP) is 4.13. The molecule has 2 aromatic carbocycles. The lowest BCUT2D eigenvalue weighted by Gasteiger charge is -2.08. The van der Waals surface area contributed by atoms with Crippen LogP contribution in [0.2, 0.25) is 5.02 Å². The maximum absolute atomic E-state index is 12.2. The molecular weight excluding hydrogens is 300 g/mol. The molecule has 0 saturated carbocycles. The van der Waals surface area contributed by atoms with Crippen molar-refractivity contribution in [3.8, 4) is 11.4 Å². The Hall–Kier alpha value is -2.46.